The molecule has 0 saturated heterocycles. The average Bonchev–Trinajstić information content (AvgIpc) is 2.92. The van der Waals surface area contributed by atoms with Crippen molar-refractivity contribution in [1.29, 1.82) is 0 Å². The van der Waals surface area contributed by atoms with Crippen molar-refractivity contribution < 1.29 is 9.63 Å². The Morgan fingerprint density at radius 2 is 2.28 bits per heavy atom. The Morgan fingerprint density at radius 1 is 1.44 bits per heavy atom. The SMILES string of the molecule is Cc1[nH]c2ccc(O)cc2c1-c1noc(CN)n1. The van der Waals surface area contributed by atoms with Gasteiger partial charge in [0.25, 0.3) is 0 Å². The zero-order valence-corrected chi connectivity index (χ0v) is 9.77. The number of fused-ring (bicyclic) bond motifs is 1. The van der Waals surface area contributed by atoms with Gasteiger partial charge in [-0.05, 0) is 25.1 Å². The predicted octanol–water partition coefficient (Wildman–Crippen LogP) is 1.69. The largest absolute Gasteiger partial charge is 0.508 e. The fraction of sp³-hybridized carbons (Fsp3) is 0.167. The Balaban J connectivity index is 2.26. The molecule has 6 nitrogen and oxygen atoms in total. The van der Waals surface area contributed by atoms with E-state index in [1.807, 2.05) is 13.0 Å². The molecule has 3 rings (SSSR count). The maximum atomic E-state index is 9.56. The summed E-state index contributed by atoms with van der Waals surface area (Å²) in [6.45, 7) is 2.13. The van der Waals surface area contributed by atoms with E-state index >= 15 is 0 Å². The van der Waals surface area contributed by atoms with Crippen LogP contribution in [-0.4, -0.2) is 20.2 Å². The minimum Gasteiger partial charge on any atom is -0.508 e. The van der Waals surface area contributed by atoms with Gasteiger partial charge in [-0.15, -0.1) is 0 Å². The molecule has 0 saturated carbocycles. The smallest absolute Gasteiger partial charge is 0.240 e. The highest BCUT2D eigenvalue weighted by Crippen LogP contribution is 2.32. The maximum absolute atomic E-state index is 9.56. The normalized spacial score (nSPS) is 11.2. The van der Waals surface area contributed by atoms with Crippen LogP contribution < -0.4 is 5.73 Å². The first-order valence-corrected chi connectivity index (χ1v) is 5.53. The Morgan fingerprint density at radius 3 is 3.00 bits per heavy atom. The Hall–Kier alpha value is -2.34. The van der Waals surface area contributed by atoms with Gasteiger partial charge in [-0.1, -0.05) is 5.16 Å². The molecule has 0 atom stereocenters. The first-order valence-electron chi connectivity index (χ1n) is 5.53. The third-order valence-electron chi connectivity index (χ3n) is 2.84. The number of hydrogen-bond acceptors (Lipinski definition) is 5. The Labute approximate surface area is 102 Å². The second-order valence-corrected chi connectivity index (χ2v) is 4.07. The Bertz CT molecular complexity index is 714. The number of aromatic nitrogens is 3. The summed E-state index contributed by atoms with van der Waals surface area (Å²) < 4.78 is 5.01. The van der Waals surface area contributed by atoms with E-state index in [9.17, 15) is 5.11 Å². The molecule has 0 spiro atoms. The minimum atomic E-state index is 0.199. The number of phenolic OH excluding ortho intramolecular Hbond substituents is 1. The molecule has 3 aromatic rings. The molecule has 18 heavy (non-hydrogen) atoms. The topological polar surface area (TPSA) is 101 Å². The van der Waals surface area contributed by atoms with Gasteiger partial charge >= 0.3 is 0 Å². The highest BCUT2D eigenvalue weighted by atomic mass is 16.5. The summed E-state index contributed by atoms with van der Waals surface area (Å²) in [6, 6.07) is 5.11. The summed E-state index contributed by atoms with van der Waals surface area (Å²) in [6.07, 6.45) is 0. The van der Waals surface area contributed by atoms with E-state index in [0.29, 0.717) is 11.7 Å². The number of rotatable bonds is 2. The van der Waals surface area contributed by atoms with Crippen molar-refractivity contribution >= 4 is 10.9 Å². The Kier molecular flexibility index (Phi) is 2.31. The van der Waals surface area contributed by atoms with E-state index < -0.39 is 0 Å². The quantitative estimate of drug-likeness (QED) is 0.636. The maximum Gasteiger partial charge on any atom is 0.240 e. The van der Waals surface area contributed by atoms with Crippen molar-refractivity contribution in [2.75, 3.05) is 0 Å². The van der Waals surface area contributed by atoms with Gasteiger partial charge in [-0.3, -0.25) is 0 Å². The number of aryl methyl sites for hydroxylation is 1. The van der Waals surface area contributed by atoms with Crippen LogP contribution in [0, 0.1) is 6.92 Å². The lowest BCUT2D eigenvalue weighted by Crippen LogP contribution is -1.95. The number of aromatic amines is 1. The predicted molar refractivity (Wildman–Crippen MR) is 65.9 cm³/mol. The number of nitrogens with two attached hydrogens (primary N) is 1. The van der Waals surface area contributed by atoms with Gasteiger partial charge < -0.3 is 20.3 Å². The average molecular weight is 244 g/mol. The molecular formula is C12H12N4O2. The van der Waals surface area contributed by atoms with E-state index in [2.05, 4.69) is 15.1 Å². The molecule has 0 aliphatic rings. The highest BCUT2D eigenvalue weighted by molar-refractivity contribution is 5.96. The van der Waals surface area contributed by atoms with Crippen LogP contribution in [0.5, 0.6) is 5.75 Å². The third-order valence-corrected chi connectivity index (χ3v) is 2.84. The molecule has 6 heteroatoms. The van der Waals surface area contributed by atoms with Crippen molar-refractivity contribution in [3.63, 3.8) is 0 Å². The van der Waals surface area contributed by atoms with Crippen molar-refractivity contribution in [1.82, 2.24) is 15.1 Å². The summed E-state index contributed by atoms with van der Waals surface area (Å²) >= 11 is 0. The van der Waals surface area contributed by atoms with Crippen LogP contribution in [0.15, 0.2) is 22.7 Å². The van der Waals surface area contributed by atoms with Crippen LogP contribution in [0.3, 0.4) is 0 Å². The van der Waals surface area contributed by atoms with Gasteiger partial charge in [0.15, 0.2) is 0 Å². The van der Waals surface area contributed by atoms with E-state index in [1.54, 1.807) is 12.1 Å². The van der Waals surface area contributed by atoms with Gasteiger partial charge in [-0.25, -0.2) is 0 Å². The van der Waals surface area contributed by atoms with Crippen LogP contribution in [0.1, 0.15) is 11.6 Å². The molecule has 0 unspecified atom stereocenters. The van der Waals surface area contributed by atoms with Crippen LogP contribution in [0.4, 0.5) is 0 Å². The lowest BCUT2D eigenvalue weighted by atomic mass is 10.1. The molecule has 2 aromatic heterocycles. The molecule has 0 aliphatic heterocycles. The van der Waals surface area contributed by atoms with Crippen LogP contribution in [-0.2, 0) is 6.54 Å². The summed E-state index contributed by atoms with van der Waals surface area (Å²) in [5, 5.41) is 14.3. The molecule has 0 radical (unpaired) electrons. The number of phenols is 1. The molecule has 0 fully saturated rings. The van der Waals surface area contributed by atoms with Crippen LogP contribution in [0.25, 0.3) is 22.3 Å². The molecular weight excluding hydrogens is 232 g/mol. The van der Waals surface area contributed by atoms with Gasteiger partial charge in [0.05, 0.1) is 12.1 Å². The number of benzene rings is 1. The molecule has 92 valence electrons. The summed E-state index contributed by atoms with van der Waals surface area (Å²) in [5.41, 5.74) is 8.10. The number of aromatic hydroxyl groups is 1. The zero-order chi connectivity index (χ0) is 12.7. The monoisotopic (exact) mass is 244 g/mol. The second-order valence-electron chi connectivity index (χ2n) is 4.07. The minimum absolute atomic E-state index is 0.199. The molecule has 1 aromatic carbocycles. The fourth-order valence-electron chi connectivity index (χ4n) is 2.04. The van der Waals surface area contributed by atoms with E-state index in [-0.39, 0.29) is 12.3 Å². The summed E-state index contributed by atoms with van der Waals surface area (Å²) in [4.78, 5) is 7.42. The molecule has 0 amide bonds. The zero-order valence-electron chi connectivity index (χ0n) is 9.77. The molecule has 0 bridgehead atoms. The lowest BCUT2D eigenvalue weighted by molar-refractivity contribution is 0.380. The number of nitrogens with zero attached hydrogens (tertiary/aromatic N) is 2. The fourth-order valence-corrected chi connectivity index (χ4v) is 2.04. The van der Waals surface area contributed by atoms with Crippen LogP contribution >= 0.6 is 0 Å². The third kappa shape index (κ3) is 1.54. The summed E-state index contributed by atoms with van der Waals surface area (Å²) in [7, 11) is 0. The van der Waals surface area contributed by atoms with E-state index in [4.69, 9.17) is 10.3 Å². The number of nitrogens with one attached hydrogen (secondary N) is 1. The lowest BCUT2D eigenvalue weighted by Gasteiger charge is -1.95. The van der Waals surface area contributed by atoms with Crippen molar-refractivity contribution in [3.8, 4) is 17.1 Å². The van der Waals surface area contributed by atoms with Crippen molar-refractivity contribution in [2.45, 2.75) is 13.5 Å². The standard InChI is InChI=1S/C12H12N4O2/c1-6-11(12-15-10(5-13)18-16-12)8-4-7(17)2-3-9(8)14-6/h2-4,14,17H,5,13H2,1H3. The van der Waals surface area contributed by atoms with Crippen LogP contribution in [0.2, 0.25) is 0 Å². The van der Waals surface area contributed by atoms with E-state index in [0.717, 1.165) is 22.2 Å². The van der Waals surface area contributed by atoms with E-state index in [1.165, 1.54) is 0 Å². The van der Waals surface area contributed by atoms with Gasteiger partial charge in [0.2, 0.25) is 11.7 Å². The molecule has 0 aliphatic carbocycles. The number of H-pyrrole nitrogens is 1. The van der Waals surface area contributed by atoms with Gasteiger partial charge in [0.1, 0.15) is 5.75 Å². The van der Waals surface area contributed by atoms with Gasteiger partial charge in [-0.2, -0.15) is 4.98 Å². The highest BCUT2D eigenvalue weighted by Gasteiger charge is 2.16. The second kappa shape index (κ2) is 3.85. The first kappa shape index (κ1) is 10.8. The first-order chi connectivity index (χ1) is 8.69. The number of hydrogen-bond donors (Lipinski definition) is 3. The van der Waals surface area contributed by atoms with Crippen molar-refractivity contribution in [2.24, 2.45) is 5.73 Å². The van der Waals surface area contributed by atoms with Gasteiger partial charge in [0, 0.05) is 16.6 Å². The molecule has 4 N–H and O–H groups in total. The molecule has 2 heterocycles. The summed E-state index contributed by atoms with van der Waals surface area (Å²) in [5.74, 6) is 1.06. The van der Waals surface area contributed by atoms with Crippen molar-refractivity contribution in [3.05, 3.63) is 29.8 Å².